The second-order valence-electron chi connectivity index (χ2n) is 4.62. The van der Waals surface area contributed by atoms with Gasteiger partial charge in [-0.05, 0) is 26.0 Å². The van der Waals surface area contributed by atoms with E-state index < -0.39 is 0 Å². The molecule has 0 N–H and O–H groups in total. The number of para-hydroxylation sites is 2. The number of imidazole rings is 1. The van der Waals surface area contributed by atoms with Crippen molar-refractivity contribution in [3.05, 3.63) is 24.3 Å². The van der Waals surface area contributed by atoms with Crippen LogP contribution in [-0.2, 0) is 11.3 Å². The van der Waals surface area contributed by atoms with Gasteiger partial charge in [0.25, 0.3) is 0 Å². The highest BCUT2D eigenvalue weighted by Crippen LogP contribution is 2.27. The number of amides is 1. The molecule has 2 rings (SSSR count). The normalized spacial score (nSPS) is 12.6. The van der Waals surface area contributed by atoms with E-state index in [0.717, 1.165) is 22.7 Å². The van der Waals surface area contributed by atoms with Gasteiger partial charge in [0, 0.05) is 20.6 Å². The molecule has 0 aliphatic rings. The maximum Gasteiger partial charge on any atom is 0.235 e. The lowest BCUT2D eigenvalue weighted by Crippen LogP contribution is -2.29. The van der Waals surface area contributed by atoms with E-state index in [4.69, 9.17) is 0 Å². The Kier molecular flexibility index (Phi) is 4.14. The summed E-state index contributed by atoms with van der Waals surface area (Å²) in [7, 11) is 3.56. The third kappa shape index (κ3) is 2.76. The third-order valence-corrected chi connectivity index (χ3v) is 4.08. The van der Waals surface area contributed by atoms with Crippen molar-refractivity contribution in [2.45, 2.75) is 30.8 Å². The molecular weight excluding hydrogens is 258 g/mol. The fourth-order valence-corrected chi connectivity index (χ4v) is 3.15. The molecule has 0 saturated heterocycles. The van der Waals surface area contributed by atoms with Crippen molar-refractivity contribution in [1.29, 1.82) is 0 Å². The number of nitrogens with zero attached hydrogens (tertiary/aromatic N) is 3. The molecule has 0 aliphatic carbocycles. The first-order valence-electron chi connectivity index (χ1n) is 6.37. The van der Waals surface area contributed by atoms with Gasteiger partial charge in [0.1, 0.15) is 0 Å². The quantitative estimate of drug-likeness (QED) is 0.806. The Bertz CT molecular complexity index is 591. The Morgan fingerprint density at radius 1 is 1.42 bits per heavy atom. The Labute approximate surface area is 117 Å². The van der Waals surface area contributed by atoms with Crippen LogP contribution < -0.4 is 0 Å². The lowest BCUT2D eigenvalue weighted by molar-refractivity contribution is -0.127. The van der Waals surface area contributed by atoms with Gasteiger partial charge in [-0.3, -0.25) is 4.79 Å². The molecule has 4 nitrogen and oxygen atoms in total. The first kappa shape index (κ1) is 13.9. The lowest BCUT2D eigenvalue weighted by atomic mass is 10.3. The van der Waals surface area contributed by atoms with Crippen LogP contribution in [-0.4, -0.2) is 39.7 Å². The SMILES string of the molecule is CCn1c(S[C@H](C)C(=O)N(C)C)nc2ccccc21. The highest BCUT2D eigenvalue weighted by Gasteiger charge is 2.19. The molecule has 0 spiro atoms. The number of rotatable bonds is 4. The van der Waals surface area contributed by atoms with E-state index >= 15 is 0 Å². The molecule has 5 heteroatoms. The van der Waals surface area contributed by atoms with E-state index in [1.54, 1.807) is 19.0 Å². The van der Waals surface area contributed by atoms with Crippen LogP contribution in [0.5, 0.6) is 0 Å². The van der Waals surface area contributed by atoms with E-state index in [9.17, 15) is 4.79 Å². The summed E-state index contributed by atoms with van der Waals surface area (Å²) in [5.74, 6) is 0.111. The van der Waals surface area contributed by atoms with Gasteiger partial charge in [0.15, 0.2) is 5.16 Å². The zero-order valence-corrected chi connectivity index (χ0v) is 12.6. The number of carbonyl (C=O) groups is 1. The zero-order valence-electron chi connectivity index (χ0n) is 11.8. The van der Waals surface area contributed by atoms with Crippen molar-refractivity contribution in [1.82, 2.24) is 14.5 Å². The molecule has 0 saturated carbocycles. The van der Waals surface area contributed by atoms with Crippen LogP contribution in [0.1, 0.15) is 13.8 Å². The number of aryl methyl sites for hydroxylation is 1. The predicted octanol–water partition coefficient (Wildman–Crippen LogP) is 2.63. The first-order chi connectivity index (χ1) is 9.04. The molecule has 0 unspecified atom stereocenters. The number of carbonyl (C=O) groups excluding carboxylic acids is 1. The summed E-state index contributed by atoms with van der Waals surface area (Å²) in [6.07, 6.45) is 0. The fourth-order valence-electron chi connectivity index (χ4n) is 2.02. The molecule has 0 fully saturated rings. The van der Waals surface area contributed by atoms with Crippen LogP contribution in [0, 0.1) is 0 Å². The maximum atomic E-state index is 11.9. The number of fused-ring (bicyclic) bond motifs is 1. The minimum atomic E-state index is -0.128. The largest absolute Gasteiger partial charge is 0.348 e. The summed E-state index contributed by atoms with van der Waals surface area (Å²) in [5.41, 5.74) is 2.10. The number of hydrogen-bond donors (Lipinski definition) is 0. The van der Waals surface area contributed by atoms with Crippen LogP contribution in [0.25, 0.3) is 11.0 Å². The van der Waals surface area contributed by atoms with E-state index in [-0.39, 0.29) is 11.2 Å². The Hall–Kier alpha value is -1.49. The van der Waals surface area contributed by atoms with E-state index in [1.807, 2.05) is 25.1 Å². The van der Waals surface area contributed by atoms with Crippen molar-refractivity contribution in [3.63, 3.8) is 0 Å². The minimum Gasteiger partial charge on any atom is -0.348 e. The Balaban J connectivity index is 2.32. The van der Waals surface area contributed by atoms with E-state index in [2.05, 4.69) is 22.5 Å². The third-order valence-electron chi connectivity index (χ3n) is 3.01. The summed E-state index contributed by atoms with van der Waals surface area (Å²) in [6.45, 7) is 4.87. The smallest absolute Gasteiger partial charge is 0.235 e. The highest BCUT2D eigenvalue weighted by molar-refractivity contribution is 8.00. The van der Waals surface area contributed by atoms with Crippen molar-refractivity contribution < 1.29 is 4.79 Å². The summed E-state index contributed by atoms with van der Waals surface area (Å²) < 4.78 is 2.15. The molecule has 1 aromatic heterocycles. The second-order valence-corrected chi connectivity index (χ2v) is 5.93. The lowest BCUT2D eigenvalue weighted by Gasteiger charge is -2.16. The van der Waals surface area contributed by atoms with E-state index in [0.29, 0.717) is 0 Å². The Morgan fingerprint density at radius 3 is 2.74 bits per heavy atom. The molecule has 0 radical (unpaired) electrons. The minimum absolute atomic E-state index is 0.111. The van der Waals surface area contributed by atoms with Crippen LogP contribution >= 0.6 is 11.8 Å². The summed E-state index contributed by atoms with van der Waals surface area (Å²) in [5, 5.41) is 0.781. The van der Waals surface area contributed by atoms with Crippen LogP contribution in [0.3, 0.4) is 0 Å². The van der Waals surface area contributed by atoms with Gasteiger partial charge in [-0.1, -0.05) is 23.9 Å². The fraction of sp³-hybridized carbons (Fsp3) is 0.429. The Morgan fingerprint density at radius 2 is 2.11 bits per heavy atom. The van der Waals surface area contributed by atoms with Gasteiger partial charge >= 0.3 is 0 Å². The number of benzene rings is 1. The van der Waals surface area contributed by atoms with Crippen molar-refractivity contribution in [3.8, 4) is 0 Å². The van der Waals surface area contributed by atoms with Crippen molar-refractivity contribution in [2.24, 2.45) is 0 Å². The second kappa shape index (κ2) is 5.65. The van der Waals surface area contributed by atoms with Crippen molar-refractivity contribution >= 4 is 28.7 Å². The van der Waals surface area contributed by atoms with Gasteiger partial charge in [0.05, 0.1) is 16.3 Å². The molecular formula is C14H19N3OS. The molecule has 2 aromatic rings. The average Bonchev–Trinajstić information content (AvgIpc) is 2.74. The van der Waals surface area contributed by atoms with Crippen LogP contribution in [0.2, 0.25) is 0 Å². The van der Waals surface area contributed by atoms with Gasteiger partial charge in [-0.25, -0.2) is 4.98 Å². The molecule has 0 aliphatic heterocycles. The molecule has 19 heavy (non-hydrogen) atoms. The monoisotopic (exact) mass is 277 g/mol. The summed E-state index contributed by atoms with van der Waals surface area (Å²) >= 11 is 1.52. The number of thioether (sulfide) groups is 1. The van der Waals surface area contributed by atoms with Gasteiger partial charge in [0.2, 0.25) is 5.91 Å². The number of aromatic nitrogens is 2. The first-order valence-corrected chi connectivity index (χ1v) is 7.25. The highest BCUT2D eigenvalue weighted by atomic mass is 32.2. The summed E-state index contributed by atoms with van der Waals surface area (Å²) in [6, 6.07) is 8.06. The average molecular weight is 277 g/mol. The molecule has 1 amide bonds. The zero-order chi connectivity index (χ0) is 14.0. The van der Waals surface area contributed by atoms with Gasteiger partial charge < -0.3 is 9.47 Å². The van der Waals surface area contributed by atoms with Gasteiger partial charge in [-0.2, -0.15) is 0 Å². The van der Waals surface area contributed by atoms with Crippen LogP contribution in [0.4, 0.5) is 0 Å². The number of hydrogen-bond acceptors (Lipinski definition) is 3. The molecule has 0 bridgehead atoms. The molecule has 1 heterocycles. The van der Waals surface area contributed by atoms with E-state index in [1.165, 1.54) is 11.8 Å². The predicted molar refractivity (Wildman–Crippen MR) is 79.4 cm³/mol. The molecule has 102 valence electrons. The summed E-state index contributed by atoms with van der Waals surface area (Å²) in [4.78, 5) is 18.2. The van der Waals surface area contributed by atoms with Gasteiger partial charge in [-0.15, -0.1) is 0 Å². The topological polar surface area (TPSA) is 38.1 Å². The molecule has 1 atom stereocenters. The molecule has 1 aromatic carbocycles. The van der Waals surface area contributed by atoms with Crippen molar-refractivity contribution in [2.75, 3.05) is 14.1 Å². The standard InChI is InChI=1S/C14H19N3OS/c1-5-17-12-9-7-6-8-11(12)15-14(17)19-10(2)13(18)16(3)4/h6-10H,5H2,1-4H3/t10-/m1/s1. The van der Waals surface area contributed by atoms with Crippen LogP contribution in [0.15, 0.2) is 29.4 Å². The maximum absolute atomic E-state index is 11.9.